The van der Waals surface area contributed by atoms with Crippen LogP contribution in [0.5, 0.6) is 11.5 Å². The van der Waals surface area contributed by atoms with Crippen molar-refractivity contribution >= 4 is 23.0 Å². The van der Waals surface area contributed by atoms with Crippen LogP contribution in [0.1, 0.15) is 30.4 Å². The Morgan fingerprint density at radius 3 is 2.53 bits per heavy atom. The van der Waals surface area contributed by atoms with Gasteiger partial charge in [0, 0.05) is 35.5 Å². The lowest BCUT2D eigenvalue weighted by Gasteiger charge is -2.29. The molecule has 7 heteroatoms. The third kappa shape index (κ3) is 4.10. The van der Waals surface area contributed by atoms with Crippen molar-refractivity contribution in [1.82, 2.24) is 14.9 Å². The normalized spacial score (nSPS) is 17.5. The first-order valence-corrected chi connectivity index (χ1v) is 11.7. The Balaban J connectivity index is 1.62. The summed E-state index contributed by atoms with van der Waals surface area (Å²) in [5, 5.41) is 4.18. The van der Waals surface area contributed by atoms with E-state index in [2.05, 4.69) is 44.2 Å². The molecule has 0 spiro atoms. The highest BCUT2D eigenvalue weighted by Gasteiger charge is 2.42. The van der Waals surface area contributed by atoms with Crippen LogP contribution in [-0.4, -0.2) is 28.4 Å². The predicted octanol–water partition coefficient (Wildman–Crippen LogP) is 5.46. The van der Waals surface area contributed by atoms with Crippen LogP contribution in [-0.2, 0) is 0 Å². The van der Waals surface area contributed by atoms with Crippen LogP contribution in [0.3, 0.4) is 0 Å². The number of methoxy groups -OCH3 is 1. The first-order chi connectivity index (χ1) is 16.7. The first kappa shape index (κ1) is 22.0. The van der Waals surface area contributed by atoms with Crippen molar-refractivity contribution in [2.24, 2.45) is 0 Å². The maximum Gasteiger partial charge on any atom is 0.174 e. The van der Waals surface area contributed by atoms with E-state index in [9.17, 15) is 0 Å². The van der Waals surface area contributed by atoms with Gasteiger partial charge >= 0.3 is 0 Å². The van der Waals surface area contributed by atoms with Crippen molar-refractivity contribution in [2.45, 2.75) is 19.0 Å². The van der Waals surface area contributed by atoms with Crippen LogP contribution < -0.4 is 19.7 Å². The third-order valence-electron chi connectivity index (χ3n) is 5.94. The summed E-state index contributed by atoms with van der Waals surface area (Å²) in [5.41, 5.74) is 4.03. The Kier molecular flexibility index (Phi) is 6.18. The minimum absolute atomic E-state index is 0.124. The molecule has 2 aromatic heterocycles. The number of rotatable bonds is 7. The van der Waals surface area contributed by atoms with Crippen molar-refractivity contribution in [1.29, 1.82) is 0 Å². The quantitative estimate of drug-likeness (QED) is 0.362. The number of benzene rings is 2. The average Bonchev–Trinajstić information content (AvgIpc) is 3.50. The molecule has 1 fully saturated rings. The molecular weight excluding hydrogens is 444 g/mol. The number of hydrogen-bond donors (Lipinski definition) is 1. The van der Waals surface area contributed by atoms with E-state index < -0.39 is 0 Å². The Morgan fingerprint density at radius 2 is 1.79 bits per heavy atom. The molecule has 1 N–H and O–H groups in total. The number of anilines is 1. The summed E-state index contributed by atoms with van der Waals surface area (Å²) in [4.78, 5) is 6.82. The molecule has 1 aliphatic rings. The highest BCUT2D eigenvalue weighted by atomic mass is 32.1. The summed E-state index contributed by atoms with van der Waals surface area (Å²) >= 11 is 5.86. The second-order valence-corrected chi connectivity index (χ2v) is 8.31. The largest absolute Gasteiger partial charge is 0.497 e. The Labute approximate surface area is 204 Å². The summed E-state index contributed by atoms with van der Waals surface area (Å²) < 4.78 is 13.3. The molecule has 0 bridgehead atoms. The zero-order valence-corrected chi connectivity index (χ0v) is 19.9. The molecule has 6 nitrogen and oxygen atoms in total. The number of nitrogens with one attached hydrogen (secondary N) is 1. The molecule has 0 amide bonds. The zero-order valence-electron chi connectivity index (χ0n) is 19.1. The lowest BCUT2D eigenvalue weighted by molar-refractivity contribution is 0.340. The molecule has 172 valence electrons. The van der Waals surface area contributed by atoms with Crippen LogP contribution in [0.2, 0.25) is 0 Å². The average molecular weight is 471 g/mol. The van der Waals surface area contributed by atoms with E-state index in [1.807, 2.05) is 73.8 Å². The fourth-order valence-electron chi connectivity index (χ4n) is 4.43. The molecule has 2 atom stereocenters. The maximum atomic E-state index is 5.86. The van der Waals surface area contributed by atoms with Gasteiger partial charge in [0.15, 0.2) is 5.11 Å². The van der Waals surface area contributed by atoms with Gasteiger partial charge in [-0.1, -0.05) is 12.1 Å². The van der Waals surface area contributed by atoms with Crippen LogP contribution >= 0.6 is 12.2 Å². The Morgan fingerprint density at radius 1 is 0.941 bits per heavy atom. The fraction of sp³-hybridized carbons (Fsp3) is 0.185. The van der Waals surface area contributed by atoms with Crippen molar-refractivity contribution < 1.29 is 9.47 Å². The number of thiocarbonyl (C=S) groups is 1. The second-order valence-electron chi connectivity index (χ2n) is 7.93. The lowest BCUT2D eigenvalue weighted by atomic mass is 10.0. The van der Waals surface area contributed by atoms with E-state index in [0.717, 1.165) is 34.3 Å². The molecule has 0 aliphatic carbocycles. The molecule has 1 aliphatic heterocycles. The summed E-state index contributed by atoms with van der Waals surface area (Å²) in [6.07, 6.45) is 3.88. The van der Waals surface area contributed by atoms with Gasteiger partial charge in [0.1, 0.15) is 17.5 Å². The topological polar surface area (TPSA) is 51.5 Å². The Bertz CT molecular complexity index is 1270. The molecule has 1 saturated heterocycles. The number of ether oxygens (including phenoxy) is 2. The molecule has 0 radical (unpaired) electrons. The maximum absolute atomic E-state index is 5.86. The summed E-state index contributed by atoms with van der Waals surface area (Å²) in [6, 6.07) is 26.0. The fourth-order valence-corrected chi connectivity index (χ4v) is 4.78. The standard InChI is InChI=1S/C27H26N4O2S/c1-3-33-21-14-12-19(13-15-21)31-26(25(29-27(31)34)23-10-4-5-16-28-23)24-11-7-17-30(24)20-8-6-9-22(18-20)32-2/h4-18,25-26H,3H2,1-2H3,(H,29,34)/t25-,26+/m1/s1. The zero-order chi connectivity index (χ0) is 23.5. The molecule has 2 aromatic carbocycles. The van der Waals surface area contributed by atoms with E-state index in [1.54, 1.807) is 7.11 Å². The van der Waals surface area contributed by atoms with Crippen molar-refractivity contribution in [3.8, 4) is 17.2 Å². The Hall–Kier alpha value is -3.84. The predicted molar refractivity (Wildman–Crippen MR) is 138 cm³/mol. The van der Waals surface area contributed by atoms with Gasteiger partial charge in [-0.2, -0.15) is 0 Å². The molecule has 0 saturated carbocycles. The van der Waals surface area contributed by atoms with Crippen LogP contribution in [0, 0.1) is 0 Å². The minimum Gasteiger partial charge on any atom is -0.497 e. The highest BCUT2D eigenvalue weighted by Crippen LogP contribution is 2.42. The van der Waals surface area contributed by atoms with E-state index in [4.69, 9.17) is 21.7 Å². The van der Waals surface area contributed by atoms with Crippen molar-refractivity contribution in [3.63, 3.8) is 0 Å². The molecule has 34 heavy (non-hydrogen) atoms. The monoisotopic (exact) mass is 470 g/mol. The van der Waals surface area contributed by atoms with Gasteiger partial charge in [-0.3, -0.25) is 4.98 Å². The lowest BCUT2D eigenvalue weighted by Crippen LogP contribution is -2.30. The van der Waals surface area contributed by atoms with Gasteiger partial charge in [0.05, 0.1) is 25.5 Å². The number of aromatic nitrogens is 2. The van der Waals surface area contributed by atoms with E-state index in [0.29, 0.717) is 11.7 Å². The van der Waals surface area contributed by atoms with Crippen LogP contribution in [0.15, 0.2) is 91.3 Å². The van der Waals surface area contributed by atoms with Gasteiger partial charge < -0.3 is 24.3 Å². The summed E-state index contributed by atoms with van der Waals surface area (Å²) in [5.74, 6) is 1.64. The molecule has 3 heterocycles. The number of nitrogens with zero attached hydrogens (tertiary/aromatic N) is 3. The smallest absolute Gasteiger partial charge is 0.174 e. The molecule has 4 aromatic rings. The van der Waals surface area contributed by atoms with E-state index in [1.165, 1.54) is 0 Å². The van der Waals surface area contributed by atoms with Gasteiger partial charge in [-0.25, -0.2) is 0 Å². The number of pyridine rings is 1. The van der Waals surface area contributed by atoms with Gasteiger partial charge in [-0.05, 0) is 79.8 Å². The van der Waals surface area contributed by atoms with Crippen molar-refractivity contribution in [2.75, 3.05) is 18.6 Å². The van der Waals surface area contributed by atoms with E-state index in [-0.39, 0.29) is 12.1 Å². The second kappa shape index (κ2) is 9.57. The van der Waals surface area contributed by atoms with Gasteiger partial charge in [0.25, 0.3) is 0 Å². The van der Waals surface area contributed by atoms with Gasteiger partial charge in [-0.15, -0.1) is 0 Å². The first-order valence-electron chi connectivity index (χ1n) is 11.2. The number of hydrogen-bond acceptors (Lipinski definition) is 4. The molecule has 5 rings (SSSR count). The summed E-state index contributed by atoms with van der Waals surface area (Å²) in [6.45, 7) is 2.61. The molecule has 0 unspecified atom stereocenters. The van der Waals surface area contributed by atoms with Crippen molar-refractivity contribution in [3.05, 3.63) is 103 Å². The van der Waals surface area contributed by atoms with Crippen LogP contribution in [0.25, 0.3) is 5.69 Å². The highest BCUT2D eigenvalue weighted by molar-refractivity contribution is 7.80. The third-order valence-corrected chi connectivity index (χ3v) is 6.25. The molecular formula is C27H26N4O2S. The SMILES string of the molecule is CCOc1ccc(N2C(=S)N[C@H](c3ccccn3)[C@@H]2c2cccn2-c2cccc(OC)c2)cc1. The minimum atomic E-state index is -0.125. The van der Waals surface area contributed by atoms with Gasteiger partial charge in [0.2, 0.25) is 0 Å². The van der Waals surface area contributed by atoms with Crippen LogP contribution in [0.4, 0.5) is 5.69 Å². The van der Waals surface area contributed by atoms with E-state index >= 15 is 0 Å². The summed E-state index contributed by atoms with van der Waals surface area (Å²) in [7, 11) is 1.68.